The van der Waals surface area contributed by atoms with Crippen molar-refractivity contribution in [3.63, 3.8) is 0 Å². The largest absolute Gasteiger partial charge is 0.493 e. The Morgan fingerprint density at radius 1 is 1.38 bits per heavy atom. The van der Waals surface area contributed by atoms with E-state index in [0.29, 0.717) is 17.7 Å². The first kappa shape index (κ1) is 16.5. The Kier molecular flexibility index (Phi) is 6.19. The molecular formula is C14H17NO6. The molecule has 0 spiro atoms. The molecule has 114 valence electrons. The number of hydrogen-bond acceptors (Lipinski definition) is 6. The van der Waals surface area contributed by atoms with Gasteiger partial charge >= 0.3 is 5.97 Å². The topological polar surface area (TPSA) is 87.9 Å². The highest BCUT2D eigenvalue weighted by atomic mass is 16.6. The summed E-state index contributed by atoms with van der Waals surface area (Å²) < 4.78 is 15.1. The number of carbonyl (C=O) groups excluding carboxylic acids is 1. The van der Waals surface area contributed by atoms with E-state index in [1.54, 1.807) is 0 Å². The predicted octanol–water partition coefficient (Wildman–Crippen LogP) is 2.58. The number of esters is 1. The van der Waals surface area contributed by atoms with E-state index in [1.807, 2.05) is 0 Å². The summed E-state index contributed by atoms with van der Waals surface area (Å²) in [6.07, 6.45) is 2.03. The van der Waals surface area contributed by atoms with E-state index in [9.17, 15) is 14.9 Å². The molecule has 0 N–H and O–H groups in total. The Balaban J connectivity index is 2.85. The maximum Gasteiger partial charge on any atom is 0.305 e. The zero-order valence-electron chi connectivity index (χ0n) is 12.0. The number of ether oxygens (including phenoxy) is 3. The molecule has 0 radical (unpaired) electrons. The molecule has 0 unspecified atom stereocenters. The van der Waals surface area contributed by atoms with Crippen molar-refractivity contribution >= 4 is 17.7 Å². The number of hydrogen-bond donors (Lipinski definition) is 0. The van der Waals surface area contributed by atoms with Crippen molar-refractivity contribution in [2.75, 3.05) is 20.8 Å². The summed E-state index contributed by atoms with van der Waals surface area (Å²) >= 11 is 0. The molecule has 21 heavy (non-hydrogen) atoms. The van der Waals surface area contributed by atoms with E-state index >= 15 is 0 Å². The first-order valence-electron chi connectivity index (χ1n) is 6.22. The first-order valence-corrected chi connectivity index (χ1v) is 6.22. The molecule has 1 aromatic carbocycles. The summed E-state index contributed by atoms with van der Waals surface area (Å²) in [5, 5.41) is 11.0. The van der Waals surface area contributed by atoms with Crippen molar-refractivity contribution in [1.29, 1.82) is 0 Å². The van der Waals surface area contributed by atoms with Gasteiger partial charge in [0.25, 0.3) is 5.69 Å². The molecule has 0 aliphatic rings. The van der Waals surface area contributed by atoms with E-state index in [2.05, 4.69) is 11.3 Å². The predicted molar refractivity (Wildman–Crippen MR) is 76.5 cm³/mol. The Morgan fingerprint density at radius 3 is 2.62 bits per heavy atom. The van der Waals surface area contributed by atoms with Crippen molar-refractivity contribution in [2.45, 2.75) is 12.8 Å². The molecule has 0 amide bonds. The van der Waals surface area contributed by atoms with Gasteiger partial charge in [-0.2, -0.15) is 0 Å². The van der Waals surface area contributed by atoms with Gasteiger partial charge in [0.15, 0.2) is 11.5 Å². The second-order valence-electron chi connectivity index (χ2n) is 4.05. The highest BCUT2D eigenvalue weighted by molar-refractivity contribution is 5.69. The third-order valence-corrected chi connectivity index (χ3v) is 2.74. The number of methoxy groups -OCH3 is 2. The average Bonchev–Trinajstić information content (AvgIpc) is 2.50. The van der Waals surface area contributed by atoms with Crippen LogP contribution in [0.2, 0.25) is 0 Å². The van der Waals surface area contributed by atoms with Crippen LogP contribution in [0.4, 0.5) is 5.69 Å². The molecule has 0 aliphatic carbocycles. The van der Waals surface area contributed by atoms with E-state index in [1.165, 1.54) is 32.4 Å². The molecule has 0 fully saturated rings. The Bertz CT molecular complexity index is 541. The molecule has 0 atom stereocenters. The van der Waals surface area contributed by atoms with Crippen LogP contribution < -0.4 is 9.47 Å². The molecule has 0 saturated heterocycles. The fourth-order valence-electron chi connectivity index (χ4n) is 1.66. The number of nitro benzene ring substituents is 1. The summed E-state index contributed by atoms with van der Waals surface area (Å²) in [5.74, 6) is 0.284. The number of benzene rings is 1. The maximum absolute atomic E-state index is 11.0. The van der Waals surface area contributed by atoms with Gasteiger partial charge in [0.2, 0.25) is 0 Å². The number of carbonyl (C=O) groups is 1. The number of rotatable bonds is 8. The van der Waals surface area contributed by atoms with Crippen molar-refractivity contribution in [3.05, 3.63) is 34.4 Å². The highest BCUT2D eigenvalue weighted by Gasteiger charge is 2.18. The minimum absolute atomic E-state index is 0.117. The summed E-state index contributed by atoms with van der Waals surface area (Å²) in [7, 11) is 2.75. The van der Waals surface area contributed by atoms with Gasteiger partial charge in [-0.3, -0.25) is 14.9 Å². The molecule has 1 rings (SSSR count). The molecule has 1 aromatic rings. The summed E-state index contributed by atoms with van der Waals surface area (Å²) in [6, 6.07) is 2.77. The maximum atomic E-state index is 11.0. The summed E-state index contributed by atoms with van der Waals surface area (Å²) in [5.41, 5.74) is 0.229. The minimum atomic E-state index is -0.516. The van der Waals surface area contributed by atoms with Crippen LogP contribution in [0, 0.1) is 10.1 Å². The lowest BCUT2D eigenvalue weighted by Gasteiger charge is -2.11. The van der Waals surface area contributed by atoms with Crippen LogP contribution in [0.25, 0.3) is 6.08 Å². The molecule has 0 saturated carbocycles. The van der Waals surface area contributed by atoms with Crippen LogP contribution in [0.3, 0.4) is 0 Å². The first-order chi connectivity index (χ1) is 10.0. The average molecular weight is 295 g/mol. The molecule has 0 bridgehead atoms. The zero-order chi connectivity index (χ0) is 15.8. The van der Waals surface area contributed by atoms with E-state index in [-0.39, 0.29) is 30.4 Å². The van der Waals surface area contributed by atoms with Crippen molar-refractivity contribution in [1.82, 2.24) is 0 Å². The lowest BCUT2D eigenvalue weighted by atomic mass is 10.1. The van der Waals surface area contributed by atoms with Gasteiger partial charge in [-0.15, -0.1) is 0 Å². The van der Waals surface area contributed by atoms with Crippen molar-refractivity contribution < 1.29 is 23.9 Å². The van der Waals surface area contributed by atoms with Gasteiger partial charge in [0.1, 0.15) is 0 Å². The lowest BCUT2D eigenvalue weighted by molar-refractivity contribution is -0.385. The summed E-state index contributed by atoms with van der Waals surface area (Å²) in [6.45, 7) is 3.75. The smallest absolute Gasteiger partial charge is 0.305 e. The van der Waals surface area contributed by atoms with Crippen LogP contribution in [0.1, 0.15) is 18.4 Å². The van der Waals surface area contributed by atoms with Crippen LogP contribution in [-0.2, 0) is 9.53 Å². The third kappa shape index (κ3) is 4.48. The number of nitro groups is 1. The van der Waals surface area contributed by atoms with Gasteiger partial charge in [-0.25, -0.2) is 0 Å². The molecule has 0 aliphatic heterocycles. The monoisotopic (exact) mass is 295 g/mol. The van der Waals surface area contributed by atoms with E-state index < -0.39 is 4.92 Å². The quantitative estimate of drug-likeness (QED) is 0.317. The normalized spacial score (nSPS) is 9.81. The van der Waals surface area contributed by atoms with Crippen LogP contribution in [-0.4, -0.2) is 31.7 Å². The van der Waals surface area contributed by atoms with Crippen molar-refractivity contribution in [3.8, 4) is 11.5 Å². The molecule has 7 heteroatoms. The van der Waals surface area contributed by atoms with Crippen LogP contribution in [0.15, 0.2) is 18.7 Å². The SMILES string of the molecule is C=Cc1cc(OC)c(OCCCC(=O)OC)cc1[N+](=O)[O-]. The Labute approximate surface area is 122 Å². The fraction of sp³-hybridized carbons (Fsp3) is 0.357. The third-order valence-electron chi connectivity index (χ3n) is 2.74. The van der Waals surface area contributed by atoms with E-state index in [4.69, 9.17) is 9.47 Å². The second-order valence-corrected chi connectivity index (χ2v) is 4.05. The minimum Gasteiger partial charge on any atom is -0.493 e. The molecular weight excluding hydrogens is 278 g/mol. The standard InChI is InChI=1S/C14H17NO6/c1-4-10-8-12(19-2)13(9-11(10)15(17)18)21-7-5-6-14(16)20-3/h4,8-9H,1,5-7H2,2-3H3. The zero-order valence-corrected chi connectivity index (χ0v) is 12.0. The van der Waals surface area contributed by atoms with Gasteiger partial charge in [-0.05, 0) is 12.5 Å². The summed E-state index contributed by atoms with van der Waals surface area (Å²) in [4.78, 5) is 21.4. The molecule has 0 aromatic heterocycles. The fourth-order valence-corrected chi connectivity index (χ4v) is 1.66. The van der Waals surface area contributed by atoms with Crippen LogP contribution in [0.5, 0.6) is 11.5 Å². The van der Waals surface area contributed by atoms with Gasteiger partial charge < -0.3 is 14.2 Å². The highest BCUT2D eigenvalue weighted by Crippen LogP contribution is 2.35. The van der Waals surface area contributed by atoms with Gasteiger partial charge in [0, 0.05) is 6.42 Å². The van der Waals surface area contributed by atoms with E-state index in [0.717, 1.165) is 0 Å². The van der Waals surface area contributed by atoms with Crippen molar-refractivity contribution in [2.24, 2.45) is 0 Å². The Hall–Kier alpha value is -2.57. The molecule has 7 nitrogen and oxygen atoms in total. The molecule has 0 heterocycles. The van der Waals surface area contributed by atoms with Gasteiger partial charge in [0.05, 0.1) is 37.4 Å². The second kappa shape index (κ2) is 7.88. The Morgan fingerprint density at radius 2 is 2.10 bits per heavy atom. The van der Waals surface area contributed by atoms with Crippen LogP contribution >= 0.6 is 0 Å². The number of nitrogens with zero attached hydrogens (tertiary/aromatic N) is 1. The van der Waals surface area contributed by atoms with Gasteiger partial charge in [-0.1, -0.05) is 12.7 Å². The lowest BCUT2D eigenvalue weighted by Crippen LogP contribution is -2.05.